The van der Waals surface area contributed by atoms with Gasteiger partial charge in [0.05, 0.1) is 17.7 Å². The van der Waals surface area contributed by atoms with Gasteiger partial charge in [-0.1, -0.05) is 0 Å². The van der Waals surface area contributed by atoms with Gasteiger partial charge in [-0.2, -0.15) is 0 Å². The molecule has 7 nitrogen and oxygen atoms in total. The number of Topliss-reactive ketones (excluding diaryl/α,β-unsaturated/α-hetero) is 1. The Morgan fingerprint density at radius 3 is 2.73 bits per heavy atom. The first-order valence-corrected chi connectivity index (χ1v) is 8.37. The number of aromatic nitrogens is 1. The molecule has 7 heteroatoms. The number of hydrogen-bond donors (Lipinski definition) is 1. The Morgan fingerprint density at radius 1 is 1.38 bits per heavy atom. The van der Waals surface area contributed by atoms with Crippen LogP contribution in [-0.2, 0) is 16.8 Å². The van der Waals surface area contributed by atoms with E-state index in [1.54, 1.807) is 32.3 Å². The van der Waals surface area contributed by atoms with E-state index >= 15 is 0 Å². The average molecular weight is 354 g/mol. The third kappa shape index (κ3) is 3.24. The first-order chi connectivity index (χ1) is 12.2. The van der Waals surface area contributed by atoms with Crippen LogP contribution >= 0.6 is 0 Å². The van der Waals surface area contributed by atoms with Crippen LogP contribution in [0.15, 0.2) is 33.8 Å². The second-order valence-corrected chi connectivity index (χ2v) is 6.85. The summed E-state index contributed by atoms with van der Waals surface area (Å²) in [5.74, 6) is 1.35. The van der Waals surface area contributed by atoms with Crippen LogP contribution < -0.4 is 5.73 Å². The summed E-state index contributed by atoms with van der Waals surface area (Å²) in [6.07, 6.45) is 2.03. The van der Waals surface area contributed by atoms with Crippen molar-refractivity contribution in [2.75, 3.05) is 7.05 Å². The van der Waals surface area contributed by atoms with E-state index < -0.39 is 5.54 Å². The molecule has 0 fully saturated rings. The van der Waals surface area contributed by atoms with E-state index in [4.69, 9.17) is 10.2 Å². The number of rotatable bonds is 4. The summed E-state index contributed by atoms with van der Waals surface area (Å²) < 4.78 is 5.43. The summed E-state index contributed by atoms with van der Waals surface area (Å²) in [4.78, 5) is 34.9. The molecule has 1 atom stereocenters. The normalized spacial score (nSPS) is 20.2. The number of ketones is 1. The van der Waals surface area contributed by atoms with Crippen LogP contribution in [0.25, 0.3) is 0 Å². The van der Waals surface area contributed by atoms with Gasteiger partial charge < -0.3 is 10.2 Å². The Hall–Kier alpha value is -2.96. The number of aliphatic imine (C=N–C) groups is 1. The third-order valence-electron chi connectivity index (χ3n) is 4.66. The minimum atomic E-state index is -0.838. The smallest absolute Gasteiger partial charge is 0.231 e. The highest BCUT2D eigenvalue weighted by Gasteiger charge is 2.37. The molecule has 3 rings (SSSR count). The van der Waals surface area contributed by atoms with E-state index in [2.05, 4.69) is 9.98 Å². The molecule has 2 aromatic rings. The van der Waals surface area contributed by atoms with Gasteiger partial charge in [-0.3, -0.25) is 19.5 Å². The highest BCUT2D eigenvalue weighted by Crippen LogP contribution is 2.32. The van der Waals surface area contributed by atoms with Gasteiger partial charge in [0.25, 0.3) is 0 Å². The topological polar surface area (TPSA) is 102 Å². The van der Waals surface area contributed by atoms with Crippen molar-refractivity contribution in [1.29, 1.82) is 0 Å². The number of nitrogens with zero attached hydrogens (tertiary/aromatic N) is 3. The summed E-state index contributed by atoms with van der Waals surface area (Å²) in [5, 5.41) is 0. The molecule has 0 aliphatic carbocycles. The first-order valence-electron chi connectivity index (χ1n) is 8.37. The van der Waals surface area contributed by atoms with Crippen LogP contribution in [0.5, 0.6) is 0 Å². The minimum absolute atomic E-state index is 0.0240. The maximum absolute atomic E-state index is 12.6. The van der Waals surface area contributed by atoms with Crippen LogP contribution in [0.3, 0.4) is 0 Å². The Kier molecular flexibility index (Phi) is 4.39. The van der Waals surface area contributed by atoms with Gasteiger partial charge in [0, 0.05) is 19.7 Å². The second kappa shape index (κ2) is 6.40. The minimum Gasteiger partial charge on any atom is -0.466 e. The standard InChI is InChI=1S/C19H22N4O3/c1-11-7-14(12(2)26-11)15(24)8-13-5-6-21-16(9-13)19(3)10-17(25)23(4)18(20)22-19/h5-7,9H,8,10H2,1-4H3,(H2,20,22). The highest BCUT2D eigenvalue weighted by atomic mass is 16.3. The van der Waals surface area contributed by atoms with E-state index in [0.29, 0.717) is 22.8 Å². The number of guanidine groups is 1. The zero-order valence-electron chi connectivity index (χ0n) is 15.4. The predicted molar refractivity (Wildman–Crippen MR) is 96.8 cm³/mol. The van der Waals surface area contributed by atoms with Gasteiger partial charge in [0.1, 0.15) is 17.1 Å². The molecule has 136 valence electrons. The number of aryl methyl sites for hydroxylation is 2. The Bertz CT molecular complexity index is 915. The average Bonchev–Trinajstić information content (AvgIpc) is 2.91. The van der Waals surface area contributed by atoms with Crippen LogP contribution in [0.4, 0.5) is 0 Å². The van der Waals surface area contributed by atoms with Gasteiger partial charge in [-0.25, -0.2) is 4.99 Å². The maximum Gasteiger partial charge on any atom is 0.231 e. The van der Waals surface area contributed by atoms with Crippen molar-refractivity contribution in [2.24, 2.45) is 10.7 Å². The monoisotopic (exact) mass is 354 g/mol. The zero-order valence-corrected chi connectivity index (χ0v) is 15.4. The fourth-order valence-corrected chi connectivity index (χ4v) is 3.12. The molecule has 1 unspecified atom stereocenters. The number of furan rings is 1. The van der Waals surface area contributed by atoms with E-state index in [9.17, 15) is 9.59 Å². The Balaban J connectivity index is 1.88. The third-order valence-corrected chi connectivity index (χ3v) is 4.66. The summed E-state index contributed by atoms with van der Waals surface area (Å²) >= 11 is 0. The Labute approximate surface area is 151 Å². The maximum atomic E-state index is 12.6. The number of amides is 1. The molecule has 0 aromatic carbocycles. The molecular weight excluding hydrogens is 332 g/mol. The van der Waals surface area contributed by atoms with Crippen molar-refractivity contribution in [3.63, 3.8) is 0 Å². The molecular formula is C19H22N4O3. The van der Waals surface area contributed by atoms with Crippen LogP contribution in [-0.4, -0.2) is 34.6 Å². The zero-order chi connectivity index (χ0) is 19.1. The van der Waals surface area contributed by atoms with Crippen molar-refractivity contribution in [2.45, 2.75) is 39.2 Å². The molecule has 3 heterocycles. The van der Waals surface area contributed by atoms with Crippen LogP contribution in [0.1, 0.15) is 46.5 Å². The quantitative estimate of drug-likeness (QED) is 0.847. The van der Waals surface area contributed by atoms with E-state index in [-0.39, 0.29) is 30.5 Å². The lowest BCUT2D eigenvalue weighted by molar-refractivity contribution is -0.128. The summed E-state index contributed by atoms with van der Waals surface area (Å²) in [7, 11) is 1.60. The SMILES string of the molecule is Cc1cc(C(=O)Cc2ccnc(C3(C)CC(=O)N(C)C(N)=N3)c2)c(C)o1. The van der Waals surface area contributed by atoms with Crippen molar-refractivity contribution < 1.29 is 14.0 Å². The van der Waals surface area contributed by atoms with E-state index in [1.165, 1.54) is 4.90 Å². The predicted octanol–water partition coefficient (Wildman–Crippen LogP) is 2.11. The number of carbonyl (C=O) groups is 2. The molecule has 0 bridgehead atoms. The number of nitrogens with two attached hydrogens (primary N) is 1. The fraction of sp³-hybridized carbons (Fsp3) is 0.368. The molecule has 0 saturated carbocycles. The highest BCUT2D eigenvalue weighted by molar-refractivity contribution is 5.99. The molecule has 1 aliphatic heterocycles. The molecule has 0 spiro atoms. The summed E-state index contributed by atoms with van der Waals surface area (Å²) in [6.45, 7) is 5.41. The fourth-order valence-electron chi connectivity index (χ4n) is 3.12. The number of hydrogen-bond acceptors (Lipinski definition) is 6. The molecule has 2 N–H and O–H groups in total. The van der Waals surface area contributed by atoms with Crippen LogP contribution in [0, 0.1) is 13.8 Å². The van der Waals surface area contributed by atoms with Crippen molar-refractivity contribution >= 4 is 17.6 Å². The second-order valence-electron chi connectivity index (χ2n) is 6.85. The Morgan fingerprint density at radius 2 is 2.12 bits per heavy atom. The van der Waals surface area contributed by atoms with Crippen molar-refractivity contribution in [3.8, 4) is 0 Å². The van der Waals surface area contributed by atoms with Gasteiger partial charge in [0.2, 0.25) is 5.91 Å². The molecule has 26 heavy (non-hydrogen) atoms. The lowest BCUT2D eigenvalue weighted by Crippen LogP contribution is -2.47. The largest absolute Gasteiger partial charge is 0.466 e. The molecule has 0 radical (unpaired) electrons. The van der Waals surface area contributed by atoms with Crippen molar-refractivity contribution in [1.82, 2.24) is 9.88 Å². The van der Waals surface area contributed by atoms with Gasteiger partial charge in [-0.05, 0) is 44.5 Å². The lowest BCUT2D eigenvalue weighted by atomic mass is 9.90. The number of carbonyl (C=O) groups excluding carboxylic acids is 2. The molecule has 1 amide bonds. The summed E-state index contributed by atoms with van der Waals surface area (Å²) in [5.41, 5.74) is 7.03. The molecule has 2 aromatic heterocycles. The van der Waals surface area contributed by atoms with Gasteiger partial charge >= 0.3 is 0 Å². The summed E-state index contributed by atoms with van der Waals surface area (Å²) in [6, 6.07) is 5.36. The van der Waals surface area contributed by atoms with Crippen molar-refractivity contribution in [3.05, 3.63) is 52.7 Å². The van der Waals surface area contributed by atoms with Crippen LogP contribution in [0.2, 0.25) is 0 Å². The lowest BCUT2D eigenvalue weighted by Gasteiger charge is -2.32. The van der Waals surface area contributed by atoms with Gasteiger partial charge in [0.15, 0.2) is 11.7 Å². The van der Waals surface area contributed by atoms with Gasteiger partial charge in [-0.15, -0.1) is 0 Å². The molecule has 1 aliphatic rings. The van der Waals surface area contributed by atoms with E-state index in [1.807, 2.05) is 19.9 Å². The first kappa shape index (κ1) is 17.8. The molecule has 0 saturated heterocycles. The number of pyridine rings is 1. The van der Waals surface area contributed by atoms with E-state index in [0.717, 1.165) is 5.56 Å².